The van der Waals surface area contributed by atoms with Gasteiger partial charge in [0.25, 0.3) is 0 Å². The van der Waals surface area contributed by atoms with E-state index >= 15 is 0 Å². The second-order valence-electron chi connectivity index (χ2n) is 8.01. The highest BCUT2D eigenvalue weighted by Crippen LogP contribution is 2.28. The molecule has 0 aromatic rings. The maximum atomic E-state index is 6.08. The summed E-state index contributed by atoms with van der Waals surface area (Å²) in [6.45, 7) is 15.9. The van der Waals surface area contributed by atoms with E-state index in [1.165, 1.54) is 45.6 Å². The molecular weight excluding hydrogens is 338 g/mol. The van der Waals surface area contributed by atoms with E-state index in [1.54, 1.807) is 10.8 Å². The van der Waals surface area contributed by atoms with Gasteiger partial charge in [0, 0.05) is 57.1 Å². The molecule has 24 heavy (non-hydrogen) atoms. The van der Waals surface area contributed by atoms with Crippen molar-refractivity contribution in [2.45, 2.75) is 51.0 Å². The SMILES string of the molecule is CC(C)CN(C)[C@H]1C[C@H](OCCN2CCN(CC(C)SS)CC2)C1. The van der Waals surface area contributed by atoms with Crippen LogP contribution in [-0.4, -0.2) is 91.6 Å². The molecule has 2 fully saturated rings. The summed E-state index contributed by atoms with van der Waals surface area (Å²) in [6.07, 6.45) is 2.94. The Morgan fingerprint density at radius 2 is 1.75 bits per heavy atom. The van der Waals surface area contributed by atoms with Crippen molar-refractivity contribution in [2.75, 3.05) is 59.5 Å². The Morgan fingerprint density at radius 1 is 1.12 bits per heavy atom. The summed E-state index contributed by atoms with van der Waals surface area (Å²) >= 11 is 4.31. The lowest BCUT2D eigenvalue weighted by Gasteiger charge is -2.42. The lowest BCUT2D eigenvalue weighted by atomic mass is 9.87. The normalized spacial score (nSPS) is 27.6. The molecule has 0 aromatic carbocycles. The standard InChI is InChI=1S/C18H37N3OS2/c1-15(2)13-19(4)17-11-18(12-17)22-10-9-20-5-7-21(8-6-20)14-16(3)24-23/h15-18,23H,5-14H2,1-4H3/t16?,17-,18-. The van der Waals surface area contributed by atoms with Crippen molar-refractivity contribution < 1.29 is 4.74 Å². The van der Waals surface area contributed by atoms with Crippen LogP contribution >= 0.6 is 22.5 Å². The van der Waals surface area contributed by atoms with Crippen molar-refractivity contribution >= 4 is 22.5 Å². The summed E-state index contributed by atoms with van der Waals surface area (Å²) in [5.74, 6) is 0.753. The molecule has 0 spiro atoms. The first kappa shape index (κ1) is 20.8. The van der Waals surface area contributed by atoms with E-state index in [9.17, 15) is 0 Å². The molecule has 0 aromatic heterocycles. The van der Waals surface area contributed by atoms with Crippen molar-refractivity contribution in [3.63, 3.8) is 0 Å². The number of nitrogens with zero attached hydrogens (tertiary/aromatic N) is 3. The van der Waals surface area contributed by atoms with Crippen LogP contribution in [0.1, 0.15) is 33.6 Å². The van der Waals surface area contributed by atoms with Gasteiger partial charge in [0.2, 0.25) is 0 Å². The molecule has 2 rings (SSSR count). The van der Waals surface area contributed by atoms with Gasteiger partial charge < -0.3 is 9.64 Å². The molecular formula is C18H37N3OS2. The third-order valence-electron chi connectivity index (χ3n) is 5.27. The highest BCUT2D eigenvalue weighted by Gasteiger charge is 2.32. The Kier molecular flexibility index (Phi) is 9.23. The molecule has 0 bridgehead atoms. The zero-order chi connectivity index (χ0) is 17.5. The van der Waals surface area contributed by atoms with Gasteiger partial charge in [-0.05, 0) is 25.8 Å². The van der Waals surface area contributed by atoms with Crippen LogP contribution in [0, 0.1) is 5.92 Å². The molecule has 1 saturated heterocycles. The van der Waals surface area contributed by atoms with Crippen LogP contribution < -0.4 is 0 Å². The van der Waals surface area contributed by atoms with Gasteiger partial charge >= 0.3 is 0 Å². The Balaban J connectivity index is 1.49. The van der Waals surface area contributed by atoms with E-state index in [2.05, 4.69) is 54.2 Å². The predicted molar refractivity (Wildman–Crippen MR) is 109 cm³/mol. The van der Waals surface area contributed by atoms with Crippen LogP contribution in [0.3, 0.4) is 0 Å². The maximum Gasteiger partial charge on any atom is 0.0605 e. The van der Waals surface area contributed by atoms with Crippen LogP contribution in [0.25, 0.3) is 0 Å². The van der Waals surface area contributed by atoms with Gasteiger partial charge in [0.05, 0.1) is 12.7 Å². The number of hydrogen-bond donors (Lipinski definition) is 1. The third kappa shape index (κ3) is 7.04. The first-order valence-electron chi connectivity index (χ1n) is 9.54. The zero-order valence-corrected chi connectivity index (χ0v) is 17.7. The summed E-state index contributed by atoms with van der Waals surface area (Å²) in [5.41, 5.74) is 0. The molecule has 6 heteroatoms. The number of piperazine rings is 1. The van der Waals surface area contributed by atoms with Crippen LogP contribution in [0.5, 0.6) is 0 Å². The lowest BCUT2D eigenvalue weighted by molar-refractivity contribution is -0.0541. The molecule has 1 heterocycles. The molecule has 0 radical (unpaired) electrons. The van der Waals surface area contributed by atoms with Gasteiger partial charge in [0.1, 0.15) is 0 Å². The summed E-state index contributed by atoms with van der Waals surface area (Å²) in [5, 5.41) is 0.614. The first-order chi connectivity index (χ1) is 11.5. The van der Waals surface area contributed by atoms with E-state index in [-0.39, 0.29) is 0 Å². The van der Waals surface area contributed by atoms with Gasteiger partial charge in [-0.25, -0.2) is 0 Å². The minimum absolute atomic E-state index is 0.499. The quantitative estimate of drug-likeness (QED) is 0.466. The molecule has 142 valence electrons. The summed E-state index contributed by atoms with van der Waals surface area (Å²) < 4.78 is 6.08. The third-order valence-corrected chi connectivity index (χ3v) is 6.86. The van der Waals surface area contributed by atoms with Crippen molar-refractivity contribution in [3.05, 3.63) is 0 Å². The summed E-state index contributed by atoms with van der Waals surface area (Å²) in [4.78, 5) is 7.62. The van der Waals surface area contributed by atoms with Gasteiger partial charge in [-0.15, -0.1) is 11.7 Å². The van der Waals surface area contributed by atoms with Gasteiger partial charge in [-0.3, -0.25) is 9.80 Å². The van der Waals surface area contributed by atoms with E-state index in [4.69, 9.17) is 4.74 Å². The Labute approximate surface area is 158 Å². The topological polar surface area (TPSA) is 19.0 Å². The number of hydrogen-bond acceptors (Lipinski definition) is 6. The molecule has 0 N–H and O–H groups in total. The van der Waals surface area contributed by atoms with Crippen LogP contribution in [-0.2, 0) is 4.74 Å². The van der Waals surface area contributed by atoms with Crippen LogP contribution in [0.2, 0.25) is 0 Å². The minimum atomic E-state index is 0.499. The largest absolute Gasteiger partial charge is 0.377 e. The van der Waals surface area contributed by atoms with E-state index < -0.39 is 0 Å². The van der Waals surface area contributed by atoms with Crippen molar-refractivity contribution in [1.29, 1.82) is 0 Å². The predicted octanol–water partition coefficient (Wildman–Crippen LogP) is 2.71. The van der Waals surface area contributed by atoms with Gasteiger partial charge in [-0.1, -0.05) is 31.6 Å². The highest BCUT2D eigenvalue weighted by atomic mass is 33.1. The van der Waals surface area contributed by atoms with Crippen molar-refractivity contribution in [3.8, 4) is 0 Å². The Bertz CT molecular complexity index is 345. The minimum Gasteiger partial charge on any atom is -0.377 e. The molecule has 1 atom stereocenters. The number of thiol groups is 1. The second kappa shape index (κ2) is 10.6. The molecule has 2 aliphatic rings. The fourth-order valence-corrected chi connectivity index (χ4v) is 4.18. The fourth-order valence-electron chi connectivity index (χ4n) is 3.70. The monoisotopic (exact) mass is 375 g/mol. The maximum absolute atomic E-state index is 6.08. The summed E-state index contributed by atoms with van der Waals surface area (Å²) in [7, 11) is 3.92. The molecule has 4 nitrogen and oxygen atoms in total. The average Bonchev–Trinajstić information content (AvgIpc) is 2.50. The van der Waals surface area contributed by atoms with Gasteiger partial charge in [0.15, 0.2) is 0 Å². The smallest absolute Gasteiger partial charge is 0.0605 e. The molecule has 1 saturated carbocycles. The van der Waals surface area contributed by atoms with Gasteiger partial charge in [-0.2, -0.15) is 0 Å². The van der Waals surface area contributed by atoms with E-state index in [1.807, 2.05) is 0 Å². The molecule has 1 unspecified atom stereocenters. The van der Waals surface area contributed by atoms with Crippen LogP contribution in [0.15, 0.2) is 0 Å². The summed E-state index contributed by atoms with van der Waals surface area (Å²) in [6, 6.07) is 0.743. The Hall–Kier alpha value is 0.540. The van der Waals surface area contributed by atoms with E-state index in [0.717, 1.165) is 31.7 Å². The molecule has 1 aliphatic carbocycles. The average molecular weight is 376 g/mol. The molecule has 0 amide bonds. The first-order valence-corrected chi connectivity index (χ1v) is 11.5. The van der Waals surface area contributed by atoms with Crippen LogP contribution in [0.4, 0.5) is 0 Å². The highest BCUT2D eigenvalue weighted by molar-refractivity contribution is 8.68. The number of rotatable bonds is 10. The zero-order valence-electron chi connectivity index (χ0n) is 16.0. The van der Waals surface area contributed by atoms with Crippen molar-refractivity contribution in [2.24, 2.45) is 5.92 Å². The van der Waals surface area contributed by atoms with E-state index in [0.29, 0.717) is 11.4 Å². The Morgan fingerprint density at radius 3 is 2.33 bits per heavy atom. The fraction of sp³-hybridized carbons (Fsp3) is 1.00. The lowest BCUT2D eigenvalue weighted by Crippen LogP contribution is -2.50. The molecule has 1 aliphatic heterocycles. The van der Waals surface area contributed by atoms with Crippen molar-refractivity contribution in [1.82, 2.24) is 14.7 Å². The number of ether oxygens (including phenoxy) is 1. The second-order valence-corrected chi connectivity index (χ2v) is 9.66.